The topological polar surface area (TPSA) is 107 Å². The number of amides is 1. The highest BCUT2D eigenvalue weighted by Gasteiger charge is 2.15. The van der Waals surface area contributed by atoms with Crippen LogP contribution in [0.1, 0.15) is 10.5 Å². The maximum atomic E-state index is 12.1. The molecular formula is C11H7ClN6OS. The Hall–Kier alpha value is -2.32. The summed E-state index contributed by atoms with van der Waals surface area (Å²) in [6, 6.07) is 3.38. The molecule has 0 aliphatic carbocycles. The second-order valence-corrected chi connectivity index (χ2v) is 4.77. The fourth-order valence-corrected chi connectivity index (χ4v) is 2.32. The molecule has 0 atom stereocenters. The zero-order chi connectivity index (χ0) is 14.1. The number of nitrogens with one attached hydrogen (secondary N) is 1. The molecule has 3 N–H and O–H groups in total. The zero-order valence-corrected chi connectivity index (χ0v) is 11.4. The first-order valence-corrected chi connectivity index (χ1v) is 6.55. The first kappa shape index (κ1) is 12.7. The van der Waals surface area contributed by atoms with Gasteiger partial charge in [0, 0.05) is 0 Å². The van der Waals surface area contributed by atoms with Gasteiger partial charge in [0.2, 0.25) is 0 Å². The first-order valence-electron chi connectivity index (χ1n) is 5.45. The number of rotatable bonds is 2. The predicted octanol–water partition coefficient (Wildman–Crippen LogP) is 1.97. The minimum Gasteiger partial charge on any atom is -0.382 e. The van der Waals surface area contributed by atoms with Crippen molar-refractivity contribution < 1.29 is 4.79 Å². The number of aromatic nitrogens is 4. The lowest BCUT2D eigenvalue weighted by molar-refractivity contribution is 0.102. The van der Waals surface area contributed by atoms with E-state index < -0.39 is 5.91 Å². The number of fused-ring (bicyclic) bond motifs is 1. The Bertz CT molecular complexity index is 787. The van der Waals surface area contributed by atoms with Crippen molar-refractivity contribution in [2.45, 2.75) is 0 Å². The highest BCUT2D eigenvalue weighted by Crippen LogP contribution is 2.30. The van der Waals surface area contributed by atoms with Crippen LogP contribution in [0, 0.1) is 0 Å². The molecule has 9 heteroatoms. The van der Waals surface area contributed by atoms with Crippen molar-refractivity contribution in [2.75, 3.05) is 11.1 Å². The molecular weight excluding hydrogens is 300 g/mol. The Kier molecular flexibility index (Phi) is 3.17. The number of anilines is 2. The summed E-state index contributed by atoms with van der Waals surface area (Å²) >= 11 is 7.13. The Morgan fingerprint density at radius 2 is 2.10 bits per heavy atom. The summed E-state index contributed by atoms with van der Waals surface area (Å²) in [5.41, 5.74) is 7.17. The number of nitrogen functional groups attached to an aromatic ring is 1. The third-order valence-corrected chi connectivity index (χ3v) is 3.38. The maximum Gasteiger partial charge on any atom is 0.275 e. The van der Waals surface area contributed by atoms with E-state index in [1.807, 2.05) is 0 Å². The molecule has 0 saturated carbocycles. The smallest absolute Gasteiger partial charge is 0.275 e. The van der Waals surface area contributed by atoms with E-state index in [2.05, 4.69) is 24.0 Å². The molecule has 2 aromatic heterocycles. The van der Waals surface area contributed by atoms with Crippen molar-refractivity contribution >= 4 is 51.8 Å². The van der Waals surface area contributed by atoms with Crippen molar-refractivity contribution in [3.63, 3.8) is 0 Å². The van der Waals surface area contributed by atoms with Gasteiger partial charge in [0.1, 0.15) is 22.5 Å². The van der Waals surface area contributed by atoms with Crippen molar-refractivity contribution in [3.05, 3.63) is 35.2 Å². The summed E-state index contributed by atoms with van der Waals surface area (Å²) in [5, 5.41) is 3.04. The number of carbonyl (C=O) groups is 1. The summed E-state index contributed by atoms with van der Waals surface area (Å²) in [7, 11) is 0. The van der Waals surface area contributed by atoms with Gasteiger partial charge in [-0.05, 0) is 12.1 Å². The maximum absolute atomic E-state index is 12.1. The van der Waals surface area contributed by atoms with Crippen LogP contribution in [-0.2, 0) is 0 Å². The number of nitrogens with two attached hydrogens (primary N) is 1. The van der Waals surface area contributed by atoms with Crippen molar-refractivity contribution in [1.29, 1.82) is 0 Å². The Morgan fingerprint density at radius 3 is 2.85 bits per heavy atom. The van der Waals surface area contributed by atoms with Crippen LogP contribution in [0.4, 0.5) is 11.5 Å². The summed E-state index contributed by atoms with van der Waals surface area (Å²) < 4.78 is 8.20. The average molecular weight is 307 g/mol. The third kappa shape index (κ3) is 2.26. The Morgan fingerprint density at radius 1 is 1.25 bits per heavy atom. The van der Waals surface area contributed by atoms with Crippen molar-refractivity contribution in [2.24, 2.45) is 0 Å². The molecule has 0 fully saturated rings. The van der Waals surface area contributed by atoms with Gasteiger partial charge in [-0.15, -0.1) is 0 Å². The fourth-order valence-electron chi connectivity index (χ4n) is 1.58. The molecule has 1 amide bonds. The SMILES string of the molecule is Nc1cnc(C(=O)Nc2c(Cl)ccc3nsnc23)cn1. The fraction of sp³-hybridized carbons (Fsp3) is 0. The van der Waals surface area contributed by atoms with Crippen LogP contribution < -0.4 is 11.1 Å². The standard InChI is InChI=1S/C11H7ClN6OS/c12-5-1-2-6-10(18-20-17-6)9(5)16-11(19)7-3-15-8(13)4-14-7/h1-4H,(H2,13,15)(H,16,19). The molecule has 3 rings (SSSR count). The number of hydrogen-bond acceptors (Lipinski definition) is 7. The normalized spacial score (nSPS) is 10.7. The summed E-state index contributed by atoms with van der Waals surface area (Å²) in [6.45, 7) is 0. The minimum absolute atomic E-state index is 0.135. The molecule has 0 spiro atoms. The van der Waals surface area contributed by atoms with E-state index in [9.17, 15) is 4.79 Å². The van der Waals surface area contributed by atoms with Crippen molar-refractivity contribution in [3.8, 4) is 0 Å². The lowest BCUT2D eigenvalue weighted by atomic mass is 10.2. The number of carbonyl (C=O) groups excluding carboxylic acids is 1. The summed E-state index contributed by atoms with van der Waals surface area (Å²) in [6.07, 6.45) is 2.60. The number of benzene rings is 1. The predicted molar refractivity (Wildman–Crippen MR) is 76.8 cm³/mol. The van der Waals surface area contributed by atoms with E-state index in [0.717, 1.165) is 11.7 Å². The van der Waals surface area contributed by atoms with E-state index in [1.165, 1.54) is 12.4 Å². The highest BCUT2D eigenvalue weighted by atomic mass is 35.5. The van der Waals surface area contributed by atoms with E-state index in [1.54, 1.807) is 12.1 Å². The van der Waals surface area contributed by atoms with E-state index in [0.29, 0.717) is 21.7 Å². The van der Waals surface area contributed by atoms with Gasteiger partial charge in [-0.25, -0.2) is 9.97 Å². The molecule has 20 heavy (non-hydrogen) atoms. The van der Waals surface area contributed by atoms with Gasteiger partial charge in [-0.2, -0.15) is 8.75 Å². The Balaban J connectivity index is 1.96. The molecule has 1 aromatic carbocycles. The number of hydrogen-bond donors (Lipinski definition) is 2. The molecule has 3 aromatic rings. The largest absolute Gasteiger partial charge is 0.382 e. The van der Waals surface area contributed by atoms with E-state index >= 15 is 0 Å². The third-order valence-electron chi connectivity index (χ3n) is 2.52. The minimum atomic E-state index is -0.445. The van der Waals surface area contributed by atoms with Crippen LogP contribution in [-0.4, -0.2) is 24.6 Å². The lowest BCUT2D eigenvalue weighted by Crippen LogP contribution is -2.15. The molecule has 0 unspecified atom stereocenters. The zero-order valence-electron chi connectivity index (χ0n) is 9.87. The molecule has 100 valence electrons. The van der Waals surface area contributed by atoms with Crippen LogP contribution in [0.5, 0.6) is 0 Å². The van der Waals surface area contributed by atoms with Crippen molar-refractivity contribution in [1.82, 2.24) is 18.7 Å². The molecule has 0 saturated heterocycles. The number of nitrogens with zero attached hydrogens (tertiary/aromatic N) is 4. The Labute approximate surface area is 122 Å². The monoisotopic (exact) mass is 306 g/mol. The average Bonchev–Trinajstić information content (AvgIpc) is 2.91. The van der Waals surface area contributed by atoms with Gasteiger partial charge in [-0.1, -0.05) is 11.6 Å². The first-order chi connectivity index (χ1) is 9.65. The van der Waals surface area contributed by atoms with Gasteiger partial charge < -0.3 is 11.1 Å². The van der Waals surface area contributed by atoms with Gasteiger partial charge in [-0.3, -0.25) is 4.79 Å². The van der Waals surface area contributed by atoms with Crippen LogP contribution >= 0.6 is 23.3 Å². The van der Waals surface area contributed by atoms with Gasteiger partial charge in [0.25, 0.3) is 5.91 Å². The van der Waals surface area contributed by atoms with E-state index in [-0.39, 0.29) is 11.5 Å². The molecule has 0 bridgehead atoms. The van der Waals surface area contributed by atoms with E-state index in [4.69, 9.17) is 17.3 Å². The number of halogens is 1. The quantitative estimate of drug-likeness (QED) is 0.749. The lowest BCUT2D eigenvalue weighted by Gasteiger charge is -2.06. The van der Waals surface area contributed by atoms with Gasteiger partial charge >= 0.3 is 0 Å². The molecule has 0 radical (unpaired) electrons. The van der Waals surface area contributed by atoms with Gasteiger partial charge in [0.05, 0.1) is 34.8 Å². The second kappa shape index (κ2) is 4.99. The summed E-state index contributed by atoms with van der Waals surface area (Å²) in [5.74, 6) is -0.203. The van der Waals surface area contributed by atoms with Crippen LogP contribution in [0.25, 0.3) is 11.0 Å². The highest BCUT2D eigenvalue weighted by molar-refractivity contribution is 7.00. The summed E-state index contributed by atoms with van der Waals surface area (Å²) in [4.78, 5) is 19.8. The van der Waals surface area contributed by atoms with Crippen LogP contribution in [0.3, 0.4) is 0 Å². The molecule has 7 nitrogen and oxygen atoms in total. The molecule has 0 aliphatic rings. The molecule has 0 aliphatic heterocycles. The van der Waals surface area contributed by atoms with Gasteiger partial charge in [0.15, 0.2) is 0 Å². The van der Waals surface area contributed by atoms with Crippen LogP contribution in [0.2, 0.25) is 5.02 Å². The molecule has 2 heterocycles. The van der Waals surface area contributed by atoms with Crippen LogP contribution in [0.15, 0.2) is 24.5 Å². The second-order valence-electron chi connectivity index (χ2n) is 3.83.